The van der Waals surface area contributed by atoms with E-state index < -0.39 is 0 Å². The third-order valence-corrected chi connectivity index (χ3v) is 4.15. The van der Waals surface area contributed by atoms with E-state index in [0.717, 1.165) is 20.3 Å². The zero-order valence-corrected chi connectivity index (χ0v) is 11.9. The molecule has 1 aromatic carbocycles. The number of benzene rings is 1. The van der Waals surface area contributed by atoms with Crippen LogP contribution in [0.25, 0.3) is 17.5 Å². The zero-order valence-electron chi connectivity index (χ0n) is 8.74. The number of rotatable bonds is 2. The maximum absolute atomic E-state index is 4.30. The summed E-state index contributed by atoms with van der Waals surface area (Å²) in [6.45, 7) is 5.82. The van der Waals surface area contributed by atoms with Gasteiger partial charge in [0, 0.05) is 11.8 Å². The maximum atomic E-state index is 4.30. The molecule has 1 heterocycles. The summed E-state index contributed by atoms with van der Waals surface area (Å²) in [6.07, 6.45) is 1.69. The summed E-state index contributed by atoms with van der Waals surface area (Å²) in [5, 5.41) is 4.30. The number of hydrogen-bond acceptors (Lipinski definition) is 1. The van der Waals surface area contributed by atoms with Gasteiger partial charge in [-0.05, 0) is 38.8 Å². The van der Waals surface area contributed by atoms with E-state index in [-0.39, 0.29) is 0 Å². The van der Waals surface area contributed by atoms with Crippen LogP contribution in [0.3, 0.4) is 0 Å². The molecule has 82 valence electrons. The van der Waals surface area contributed by atoms with E-state index in [0.29, 0.717) is 0 Å². The van der Waals surface area contributed by atoms with Crippen molar-refractivity contribution in [2.75, 3.05) is 0 Å². The van der Waals surface area contributed by atoms with Crippen molar-refractivity contribution < 1.29 is 0 Å². The average molecular weight is 342 g/mol. The van der Waals surface area contributed by atoms with E-state index in [1.54, 1.807) is 10.9 Å². The van der Waals surface area contributed by atoms with Crippen LogP contribution >= 0.6 is 31.9 Å². The van der Waals surface area contributed by atoms with E-state index in [4.69, 9.17) is 0 Å². The Morgan fingerprint density at radius 3 is 2.44 bits per heavy atom. The Bertz CT molecular complexity index is 527. The maximum Gasteiger partial charge on any atom is 0.143 e. The Kier molecular flexibility index (Phi) is 3.30. The molecule has 1 aromatic heterocycles. The van der Waals surface area contributed by atoms with Crippen LogP contribution in [-0.2, 0) is 0 Å². The van der Waals surface area contributed by atoms with Crippen LogP contribution in [0.15, 0.2) is 39.9 Å². The first-order valence-electron chi connectivity index (χ1n) is 4.76. The second-order valence-corrected chi connectivity index (χ2v) is 4.99. The van der Waals surface area contributed by atoms with Gasteiger partial charge in [-0.3, -0.25) is 0 Å². The zero-order chi connectivity index (χ0) is 11.7. The molecule has 0 saturated heterocycles. The lowest BCUT2D eigenvalue weighted by atomic mass is 10.1. The SMILES string of the molecule is C=Cn1nc(Br)c(Br)c1-c1ccc(C)cc1. The number of hydrogen-bond donors (Lipinski definition) is 0. The van der Waals surface area contributed by atoms with Crippen molar-refractivity contribution in [1.29, 1.82) is 0 Å². The molecule has 0 radical (unpaired) electrons. The minimum absolute atomic E-state index is 0.781. The first-order chi connectivity index (χ1) is 7.63. The molecule has 4 heteroatoms. The second kappa shape index (κ2) is 4.55. The van der Waals surface area contributed by atoms with Crippen molar-refractivity contribution in [2.45, 2.75) is 6.92 Å². The summed E-state index contributed by atoms with van der Waals surface area (Å²) in [5.41, 5.74) is 3.35. The Labute approximate surface area is 111 Å². The largest absolute Gasteiger partial charge is 0.239 e. The minimum atomic E-state index is 0.781. The normalized spacial score (nSPS) is 10.4. The van der Waals surface area contributed by atoms with Gasteiger partial charge in [-0.15, -0.1) is 0 Å². The topological polar surface area (TPSA) is 17.8 Å². The van der Waals surface area contributed by atoms with Crippen molar-refractivity contribution >= 4 is 38.1 Å². The molecule has 0 bridgehead atoms. The van der Waals surface area contributed by atoms with Crippen LogP contribution in [0.1, 0.15) is 5.56 Å². The smallest absolute Gasteiger partial charge is 0.143 e. The molecule has 0 fully saturated rings. The quantitative estimate of drug-likeness (QED) is 0.787. The van der Waals surface area contributed by atoms with Crippen molar-refractivity contribution in [3.8, 4) is 11.3 Å². The second-order valence-electron chi connectivity index (χ2n) is 3.45. The van der Waals surface area contributed by atoms with E-state index >= 15 is 0 Å². The molecule has 0 spiro atoms. The Morgan fingerprint density at radius 1 is 1.25 bits per heavy atom. The molecule has 2 rings (SSSR count). The summed E-state index contributed by atoms with van der Waals surface area (Å²) in [6, 6.07) is 8.30. The monoisotopic (exact) mass is 340 g/mol. The van der Waals surface area contributed by atoms with Crippen molar-refractivity contribution in [3.05, 3.63) is 45.5 Å². The lowest BCUT2D eigenvalue weighted by Crippen LogP contribution is -1.91. The number of halogens is 2. The molecule has 0 atom stereocenters. The Morgan fingerprint density at radius 2 is 1.88 bits per heavy atom. The lowest BCUT2D eigenvalue weighted by molar-refractivity contribution is 0.931. The molecule has 2 aromatic rings. The van der Waals surface area contributed by atoms with E-state index in [9.17, 15) is 0 Å². The van der Waals surface area contributed by atoms with Gasteiger partial charge in [0.25, 0.3) is 0 Å². The van der Waals surface area contributed by atoms with E-state index in [2.05, 4.69) is 74.7 Å². The fourth-order valence-corrected chi connectivity index (χ4v) is 2.34. The van der Waals surface area contributed by atoms with Crippen LogP contribution in [0.4, 0.5) is 0 Å². The highest BCUT2D eigenvalue weighted by molar-refractivity contribution is 9.13. The summed E-state index contributed by atoms with van der Waals surface area (Å²) in [4.78, 5) is 0. The van der Waals surface area contributed by atoms with Gasteiger partial charge in [0.15, 0.2) is 0 Å². The fraction of sp³-hybridized carbons (Fsp3) is 0.0833. The summed E-state index contributed by atoms with van der Waals surface area (Å²) in [5.74, 6) is 0. The van der Waals surface area contributed by atoms with Gasteiger partial charge < -0.3 is 0 Å². The molecule has 0 unspecified atom stereocenters. The number of nitrogens with zero attached hydrogens (tertiary/aromatic N) is 2. The van der Waals surface area contributed by atoms with Crippen LogP contribution in [0.5, 0.6) is 0 Å². The fourth-order valence-electron chi connectivity index (χ4n) is 1.49. The van der Waals surface area contributed by atoms with Gasteiger partial charge in [-0.2, -0.15) is 5.10 Å². The van der Waals surface area contributed by atoms with Crippen molar-refractivity contribution in [2.24, 2.45) is 0 Å². The first-order valence-corrected chi connectivity index (χ1v) is 6.35. The minimum Gasteiger partial charge on any atom is -0.239 e. The van der Waals surface area contributed by atoms with Gasteiger partial charge in [0.1, 0.15) is 4.60 Å². The highest BCUT2D eigenvalue weighted by Crippen LogP contribution is 2.34. The van der Waals surface area contributed by atoms with Gasteiger partial charge in [-0.25, -0.2) is 4.68 Å². The summed E-state index contributed by atoms with van der Waals surface area (Å²) >= 11 is 6.91. The molecular weight excluding hydrogens is 332 g/mol. The third kappa shape index (κ3) is 1.99. The van der Waals surface area contributed by atoms with Crippen LogP contribution in [0.2, 0.25) is 0 Å². The average Bonchev–Trinajstić information content (AvgIpc) is 2.57. The highest BCUT2D eigenvalue weighted by Gasteiger charge is 2.13. The summed E-state index contributed by atoms with van der Waals surface area (Å²) < 4.78 is 3.47. The number of aryl methyl sites for hydroxylation is 1. The molecule has 2 nitrogen and oxygen atoms in total. The highest BCUT2D eigenvalue weighted by atomic mass is 79.9. The van der Waals surface area contributed by atoms with E-state index in [1.165, 1.54) is 5.56 Å². The van der Waals surface area contributed by atoms with Gasteiger partial charge in [0.05, 0.1) is 10.2 Å². The summed E-state index contributed by atoms with van der Waals surface area (Å²) in [7, 11) is 0. The van der Waals surface area contributed by atoms with Gasteiger partial charge >= 0.3 is 0 Å². The van der Waals surface area contributed by atoms with Crippen molar-refractivity contribution in [1.82, 2.24) is 9.78 Å². The van der Waals surface area contributed by atoms with Crippen LogP contribution in [-0.4, -0.2) is 9.78 Å². The third-order valence-electron chi connectivity index (χ3n) is 2.31. The Hall–Kier alpha value is -0.870. The molecule has 0 aliphatic heterocycles. The standard InChI is InChI=1S/C12H10Br2N2/c1-3-16-11(10(13)12(14)15-16)9-6-4-8(2)5-7-9/h3-7H,1H2,2H3. The lowest BCUT2D eigenvalue weighted by Gasteiger charge is -2.03. The Balaban J connectivity index is 2.62. The number of aromatic nitrogens is 2. The molecule has 16 heavy (non-hydrogen) atoms. The van der Waals surface area contributed by atoms with Crippen molar-refractivity contribution in [3.63, 3.8) is 0 Å². The van der Waals surface area contributed by atoms with Crippen LogP contribution < -0.4 is 0 Å². The molecule has 0 N–H and O–H groups in total. The van der Waals surface area contributed by atoms with Crippen LogP contribution in [0, 0.1) is 6.92 Å². The molecule has 0 amide bonds. The van der Waals surface area contributed by atoms with Gasteiger partial charge in [0.2, 0.25) is 0 Å². The van der Waals surface area contributed by atoms with E-state index in [1.807, 2.05) is 0 Å². The molecular formula is C12H10Br2N2. The molecule has 0 saturated carbocycles. The predicted molar refractivity (Wildman–Crippen MR) is 74.2 cm³/mol. The first kappa shape index (κ1) is 11.6. The molecule has 0 aliphatic carbocycles. The van der Waals surface area contributed by atoms with Gasteiger partial charge in [-0.1, -0.05) is 36.4 Å². The molecule has 0 aliphatic rings. The predicted octanol–water partition coefficient (Wildman–Crippen LogP) is 4.48.